The third-order valence-electron chi connectivity index (χ3n) is 4.75. The highest BCUT2D eigenvalue weighted by molar-refractivity contribution is 5.09. The summed E-state index contributed by atoms with van der Waals surface area (Å²) in [5.74, 6) is 2.82. The summed E-state index contributed by atoms with van der Waals surface area (Å²) in [6.45, 7) is 8.67. The maximum atomic E-state index is 4.31. The van der Waals surface area contributed by atoms with E-state index in [0.717, 1.165) is 17.8 Å². The summed E-state index contributed by atoms with van der Waals surface area (Å²) in [5.41, 5.74) is 2.94. The van der Waals surface area contributed by atoms with Crippen molar-refractivity contribution < 1.29 is 0 Å². The molecule has 100 valence electrons. The number of allylic oxidation sites excluding steroid dienone is 5. The van der Waals surface area contributed by atoms with Crippen LogP contribution in [0.15, 0.2) is 36.0 Å². The minimum Gasteiger partial charge on any atom is -0.0996 e. The van der Waals surface area contributed by atoms with Crippen LogP contribution < -0.4 is 0 Å². The molecule has 0 heteroatoms. The lowest BCUT2D eigenvalue weighted by Gasteiger charge is -2.42. The summed E-state index contributed by atoms with van der Waals surface area (Å²) >= 11 is 0. The van der Waals surface area contributed by atoms with E-state index < -0.39 is 0 Å². The van der Waals surface area contributed by atoms with Crippen molar-refractivity contribution in [2.24, 2.45) is 17.8 Å². The van der Waals surface area contributed by atoms with Gasteiger partial charge in [-0.1, -0.05) is 36.0 Å². The molecule has 0 nitrogen and oxygen atoms in total. The first-order valence-corrected chi connectivity index (χ1v) is 7.63. The van der Waals surface area contributed by atoms with E-state index in [1.54, 1.807) is 0 Å². The SMILES string of the molecule is C=C(CCC=C(C)C)C1CC(C2CC=CCC2)C1. The zero-order chi connectivity index (χ0) is 13.0. The number of rotatable bonds is 5. The van der Waals surface area contributed by atoms with Gasteiger partial charge in [-0.2, -0.15) is 0 Å². The van der Waals surface area contributed by atoms with Crippen molar-refractivity contribution in [2.75, 3.05) is 0 Å². The van der Waals surface area contributed by atoms with Gasteiger partial charge in [-0.15, -0.1) is 0 Å². The first kappa shape index (κ1) is 13.6. The topological polar surface area (TPSA) is 0 Å². The molecule has 0 N–H and O–H groups in total. The van der Waals surface area contributed by atoms with Gasteiger partial charge in [-0.05, 0) is 76.5 Å². The Hall–Kier alpha value is -0.780. The molecule has 1 saturated carbocycles. The highest BCUT2D eigenvalue weighted by Gasteiger charge is 2.35. The molecule has 0 aromatic rings. The summed E-state index contributed by atoms with van der Waals surface area (Å²) in [6.07, 6.45) is 16.4. The van der Waals surface area contributed by atoms with Crippen LogP contribution in [-0.4, -0.2) is 0 Å². The predicted octanol–water partition coefficient (Wildman–Crippen LogP) is 5.67. The largest absolute Gasteiger partial charge is 0.0996 e. The second-order valence-electron chi connectivity index (χ2n) is 6.45. The van der Waals surface area contributed by atoms with Crippen LogP contribution in [0.5, 0.6) is 0 Å². The van der Waals surface area contributed by atoms with E-state index in [1.807, 2.05) is 0 Å². The fourth-order valence-electron chi connectivity index (χ4n) is 3.38. The molecule has 18 heavy (non-hydrogen) atoms. The van der Waals surface area contributed by atoms with E-state index in [0.29, 0.717) is 0 Å². The lowest BCUT2D eigenvalue weighted by molar-refractivity contribution is 0.137. The molecule has 0 amide bonds. The Morgan fingerprint density at radius 2 is 2.00 bits per heavy atom. The van der Waals surface area contributed by atoms with Crippen LogP contribution in [-0.2, 0) is 0 Å². The Morgan fingerprint density at radius 3 is 2.61 bits per heavy atom. The van der Waals surface area contributed by atoms with E-state index in [2.05, 4.69) is 38.7 Å². The third-order valence-corrected chi connectivity index (χ3v) is 4.75. The molecule has 1 fully saturated rings. The van der Waals surface area contributed by atoms with Crippen LogP contribution in [0.3, 0.4) is 0 Å². The second kappa shape index (κ2) is 6.41. The summed E-state index contributed by atoms with van der Waals surface area (Å²) in [4.78, 5) is 0. The molecule has 1 unspecified atom stereocenters. The lowest BCUT2D eigenvalue weighted by atomic mass is 9.63. The third kappa shape index (κ3) is 3.60. The van der Waals surface area contributed by atoms with E-state index in [4.69, 9.17) is 0 Å². The Kier molecular flexibility index (Phi) is 4.86. The molecule has 0 radical (unpaired) electrons. The zero-order valence-electron chi connectivity index (χ0n) is 12.1. The van der Waals surface area contributed by atoms with Gasteiger partial charge in [-0.25, -0.2) is 0 Å². The van der Waals surface area contributed by atoms with Crippen LogP contribution in [0, 0.1) is 17.8 Å². The molecule has 2 aliphatic rings. The zero-order valence-corrected chi connectivity index (χ0v) is 12.1. The van der Waals surface area contributed by atoms with Gasteiger partial charge in [0.2, 0.25) is 0 Å². The van der Waals surface area contributed by atoms with Crippen LogP contribution >= 0.6 is 0 Å². The van der Waals surface area contributed by atoms with Gasteiger partial charge in [0.05, 0.1) is 0 Å². The molecule has 0 saturated heterocycles. The Balaban J connectivity index is 1.67. The maximum absolute atomic E-state index is 4.31. The molecule has 2 rings (SSSR count). The lowest BCUT2D eigenvalue weighted by Crippen LogP contribution is -2.31. The van der Waals surface area contributed by atoms with Crippen LogP contribution in [0.2, 0.25) is 0 Å². The van der Waals surface area contributed by atoms with Crippen molar-refractivity contribution >= 4 is 0 Å². The van der Waals surface area contributed by atoms with Crippen molar-refractivity contribution in [3.8, 4) is 0 Å². The van der Waals surface area contributed by atoms with Gasteiger partial charge < -0.3 is 0 Å². The summed E-state index contributed by atoms with van der Waals surface area (Å²) < 4.78 is 0. The highest BCUT2D eigenvalue weighted by Crippen LogP contribution is 2.46. The molecule has 0 spiro atoms. The van der Waals surface area contributed by atoms with Crippen LogP contribution in [0.25, 0.3) is 0 Å². The molecule has 2 aliphatic carbocycles. The van der Waals surface area contributed by atoms with Gasteiger partial charge in [0.25, 0.3) is 0 Å². The molecular formula is C18H28. The Labute approximate surface area is 113 Å². The summed E-state index contributed by atoms with van der Waals surface area (Å²) in [5, 5.41) is 0. The normalized spacial score (nSPS) is 30.7. The molecular weight excluding hydrogens is 216 g/mol. The van der Waals surface area contributed by atoms with Gasteiger partial charge >= 0.3 is 0 Å². The van der Waals surface area contributed by atoms with Crippen LogP contribution in [0.1, 0.15) is 58.8 Å². The maximum Gasteiger partial charge on any atom is -0.0200 e. The van der Waals surface area contributed by atoms with Crippen LogP contribution in [0.4, 0.5) is 0 Å². The average Bonchev–Trinajstić information content (AvgIpc) is 2.28. The molecule has 0 aromatic heterocycles. The second-order valence-corrected chi connectivity index (χ2v) is 6.45. The van der Waals surface area contributed by atoms with E-state index >= 15 is 0 Å². The molecule has 0 bridgehead atoms. The summed E-state index contributed by atoms with van der Waals surface area (Å²) in [7, 11) is 0. The number of hydrogen-bond acceptors (Lipinski definition) is 0. The monoisotopic (exact) mass is 244 g/mol. The van der Waals surface area contributed by atoms with Crippen molar-refractivity contribution in [2.45, 2.75) is 58.8 Å². The van der Waals surface area contributed by atoms with Crippen molar-refractivity contribution in [3.63, 3.8) is 0 Å². The van der Waals surface area contributed by atoms with Gasteiger partial charge in [0, 0.05) is 0 Å². The fourth-order valence-corrected chi connectivity index (χ4v) is 3.38. The van der Waals surface area contributed by atoms with Crippen molar-refractivity contribution in [1.29, 1.82) is 0 Å². The fraction of sp³-hybridized carbons (Fsp3) is 0.667. The Morgan fingerprint density at radius 1 is 1.22 bits per heavy atom. The van der Waals surface area contributed by atoms with E-state index in [1.165, 1.54) is 56.1 Å². The molecule has 0 aliphatic heterocycles. The van der Waals surface area contributed by atoms with Crippen molar-refractivity contribution in [3.05, 3.63) is 36.0 Å². The first-order valence-electron chi connectivity index (χ1n) is 7.63. The van der Waals surface area contributed by atoms with E-state index in [9.17, 15) is 0 Å². The first-order chi connectivity index (χ1) is 8.66. The molecule has 0 aromatic carbocycles. The van der Waals surface area contributed by atoms with Gasteiger partial charge in [-0.3, -0.25) is 0 Å². The van der Waals surface area contributed by atoms with Crippen molar-refractivity contribution in [1.82, 2.24) is 0 Å². The smallest absolute Gasteiger partial charge is 0.0200 e. The van der Waals surface area contributed by atoms with Gasteiger partial charge in [0.15, 0.2) is 0 Å². The standard InChI is InChI=1S/C18H28/c1-14(2)8-7-9-15(3)17-12-18(13-17)16-10-5-4-6-11-16/h4-5,8,16-18H,3,6-7,9-13H2,1-2H3. The highest BCUT2D eigenvalue weighted by atomic mass is 14.4. The quantitative estimate of drug-likeness (QED) is 0.546. The molecule has 0 heterocycles. The number of hydrogen-bond donors (Lipinski definition) is 0. The summed E-state index contributed by atoms with van der Waals surface area (Å²) in [6, 6.07) is 0. The van der Waals surface area contributed by atoms with E-state index in [-0.39, 0.29) is 0 Å². The average molecular weight is 244 g/mol. The minimum absolute atomic E-state index is 0.839. The molecule has 1 atom stereocenters. The minimum atomic E-state index is 0.839. The van der Waals surface area contributed by atoms with Gasteiger partial charge in [0.1, 0.15) is 0 Å². The predicted molar refractivity (Wildman–Crippen MR) is 80.5 cm³/mol. The Bertz CT molecular complexity index is 335.